The maximum absolute atomic E-state index is 13.3. The van der Waals surface area contributed by atoms with Crippen LogP contribution in [0.5, 0.6) is 0 Å². The Bertz CT molecular complexity index is 950. The first-order valence-electron chi connectivity index (χ1n) is 9.81. The fourth-order valence-corrected chi connectivity index (χ4v) is 3.07. The lowest BCUT2D eigenvalue weighted by Crippen LogP contribution is -2.43. The molecule has 0 aliphatic carbocycles. The van der Waals surface area contributed by atoms with Gasteiger partial charge in [0.1, 0.15) is 18.2 Å². The third kappa shape index (κ3) is 6.33. The highest BCUT2D eigenvalue weighted by atomic mass is 35.5. The number of benzene rings is 2. The first-order chi connectivity index (χ1) is 15.0. The first kappa shape index (κ1) is 22.9. The number of carbonyl (C=O) groups excluding carboxylic acids is 1. The van der Waals surface area contributed by atoms with Crippen LogP contribution in [0, 0.1) is 0 Å². The molecule has 7 nitrogen and oxygen atoms in total. The number of carbonyl (C=O) groups is 1. The average Bonchev–Trinajstić information content (AvgIpc) is 3.31. The Hall–Kier alpha value is -2.81. The summed E-state index contributed by atoms with van der Waals surface area (Å²) < 4.78 is 18.0. The van der Waals surface area contributed by atoms with Crippen molar-refractivity contribution in [2.45, 2.75) is 37.5 Å². The van der Waals surface area contributed by atoms with Gasteiger partial charge in [-0.3, -0.25) is 4.79 Å². The molecule has 3 unspecified atom stereocenters. The molecule has 3 atom stereocenters. The van der Waals surface area contributed by atoms with Gasteiger partial charge in [-0.2, -0.15) is 4.98 Å². The zero-order valence-corrected chi connectivity index (χ0v) is 17.7. The van der Waals surface area contributed by atoms with Gasteiger partial charge in [0.05, 0.1) is 12.6 Å². The molecule has 0 spiro atoms. The van der Waals surface area contributed by atoms with Gasteiger partial charge in [-0.15, -0.1) is 11.6 Å². The number of hydrogen-bond acceptors (Lipinski definition) is 6. The Morgan fingerprint density at radius 2 is 1.77 bits per heavy atom. The number of halogens is 2. The number of alkyl halides is 2. The molecule has 0 aliphatic rings. The van der Waals surface area contributed by atoms with E-state index < -0.39 is 30.1 Å². The van der Waals surface area contributed by atoms with Crippen LogP contribution in [-0.4, -0.2) is 39.2 Å². The summed E-state index contributed by atoms with van der Waals surface area (Å²) in [4.78, 5) is 15.7. The molecule has 1 heterocycles. The Kier molecular flexibility index (Phi) is 8.11. The summed E-state index contributed by atoms with van der Waals surface area (Å²) >= 11 is 5.70. The Morgan fingerprint density at radius 1 is 1.13 bits per heavy atom. The molecule has 31 heavy (non-hydrogen) atoms. The first-order valence-corrected chi connectivity index (χ1v) is 10.2. The quantitative estimate of drug-likeness (QED) is 0.414. The van der Waals surface area contributed by atoms with E-state index in [9.17, 15) is 14.3 Å². The lowest BCUT2D eigenvalue weighted by Gasteiger charge is -2.22. The number of aromatic nitrogens is 2. The predicted molar refractivity (Wildman–Crippen MR) is 115 cm³/mol. The highest BCUT2D eigenvalue weighted by Crippen LogP contribution is 2.24. The molecule has 0 radical (unpaired) electrons. The van der Waals surface area contributed by atoms with Gasteiger partial charge in [-0.05, 0) is 29.2 Å². The van der Waals surface area contributed by atoms with E-state index in [4.69, 9.17) is 16.1 Å². The molecule has 3 rings (SSSR count). The predicted octanol–water partition coefficient (Wildman–Crippen LogP) is 3.14. The molecular weight excluding hydrogens is 423 g/mol. The molecule has 0 fully saturated rings. The second-order valence-electron chi connectivity index (χ2n) is 7.10. The van der Waals surface area contributed by atoms with Gasteiger partial charge in [0.25, 0.3) is 0 Å². The summed E-state index contributed by atoms with van der Waals surface area (Å²) in [5.41, 5.74) is 3.58. The summed E-state index contributed by atoms with van der Waals surface area (Å²) in [6.45, 7) is 1.77. The van der Waals surface area contributed by atoms with E-state index in [2.05, 4.69) is 20.8 Å². The van der Waals surface area contributed by atoms with Crippen LogP contribution in [0.25, 0.3) is 11.1 Å². The summed E-state index contributed by atoms with van der Waals surface area (Å²) in [5.74, 6) is 0.0810. The second kappa shape index (κ2) is 11.0. The largest absolute Gasteiger partial charge is 0.386 e. The van der Waals surface area contributed by atoms with Gasteiger partial charge < -0.3 is 20.3 Å². The van der Waals surface area contributed by atoms with Gasteiger partial charge in [0.2, 0.25) is 12.3 Å². The van der Waals surface area contributed by atoms with Crippen LogP contribution < -0.4 is 10.6 Å². The van der Waals surface area contributed by atoms with Gasteiger partial charge in [0, 0.05) is 6.54 Å². The molecule has 0 bridgehead atoms. The number of aliphatic hydroxyl groups is 1. The van der Waals surface area contributed by atoms with Crippen molar-refractivity contribution < 1.29 is 18.8 Å². The molecule has 0 aliphatic heterocycles. The third-order valence-corrected chi connectivity index (χ3v) is 4.99. The molecule has 2 aromatic carbocycles. The lowest BCUT2D eigenvalue weighted by molar-refractivity contribution is -0.122. The number of amides is 1. The maximum Gasteiger partial charge on any atom is 0.238 e. The standard InChI is InChI=1S/C22H24ClFN4O3/c1-14(23)22(30)27-19(10-24)21(29)18-8-6-17(7-9-18)16-4-2-15(3-5-16)11-25-12-20-26-13-31-28-20/h2-9,13-14,19,21,25,29H,10-12H2,1H3,(H,27,30). The van der Waals surface area contributed by atoms with E-state index >= 15 is 0 Å². The van der Waals surface area contributed by atoms with Crippen molar-refractivity contribution in [2.75, 3.05) is 6.67 Å². The number of nitrogens with zero attached hydrogens (tertiary/aromatic N) is 2. The van der Waals surface area contributed by atoms with E-state index in [0.29, 0.717) is 24.5 Å². The van der Waals surface area contributed by atoms with Crippen molar-refractivity contribution in [3.05, 3.63) is 71.9 Å². The van der Waals surface area contributed by atoms with E-state index in [1.165, 1.54) is 13.3 Å². The van der Waals surface area contributed by atoms with E-state index in [-0.39, 0.29) is 0 Å². The SMILES string of the molecule is CC(Cl)C(=O)NC(CF)C(O)c1ccc(-c2ccc(CNCc3ncon3)cc2)cc1. The molecule has 1 amide bonds. The highest BCUT2D eigenvalue weighted by Gasteiger charge is 2.24. The molecular formula is C22H24ClFN4O3. The van der Waals surface area contributed by atoms with Gasteiger partial charge in [-0.25, -0.2) is 4.39 Å². The molecule has 164 valence electrons. The van der Waals surface area contributed by atoms with Crippen LogP contribution in [0.1, 0.15) is 30.0 Å². The molecule has 0 saturated carbocycles. The highest BCUT2D eigenvalue weighted by molar-refractivity contribution is 6.30. The number of aliphatic hydroxyl groups excluding tert-OH is 1. The van der Waals surface area contributed by atoms with Crippen LogP contribution in [0.2, 0.25) is 0 Å². The Balaban J connectivity index is 1.59. The number of rotatable bonds is 10. The van der Waals surface area contributed by atoms with Gasteiger partial charge in [-0.1, -0.05) is 53.7 Å². The zero-order chi connectivity index (χ0) is 22.2. The molecule has 1 aromatic heterocycles. The topological polar surface area (TPSA) is 100 Å². The van der Waals surface area contributed by atoms with Crippen LogP contribution in [0.15, 0.2) is 59.4 Å². The zero-order valence-electron chi connectivity index (χ0n) is 17.0. The number of nitrogens with one attached hydrogen (secondary N) is 2. The molecule has 0 saturated heterocycles. The third-order valence-electron chi connectivity index (χ3n) is 4.79. The van der Waals surface area contributed by atoms with Gasteiger partial charge in [0.15, 0.2) is 5.82 Å². The Morgan fingerprint density at radius 3 is 2.32 bits per heavy atom. The second-order valence-corrected chi connectivity index (χ2v) is 7.75. The van der Waals surface area contributed by atoms with Crippen molar-refractivity contribution in [1.29, 1.82) is 0 Å². The normalized spacial score (nSPS) is 14.1. The fourth-order valence-electron chi connectivity index (χ4n) is 3.01. The lowest BCUT2D eigenvalue weighted by atomic mass is 9.98. The van der Waals surface area contributed by atoms with Crippen molar-refractivity contribution in [3.63, 3.8) is 0 Å². The molecule has 3 aromatic rings. The fraction of sp³-hybridized carbons (Fsp3) is 0.318. The van der Waals surface area contributed by atoms with Crippen LogP contribution >= 0.6 is 11.6 Å². The van der Waals surface area contributed by atoms with Crippen LogP contribution in [-0.2, 0) is 17.9 Å². The van der Waals surface area contributed by atoms with Crippen LogP contribution in [0.3, 0.4) is 0 Å². The minimum absolute atomic E-state index is 0.510. The molecule has 3 N–H and O–H groups in total. The minimum Gasteiger partial charge on any atom is -0.386 e. The van der Waals surface area contributed by atoms with E-state index in [0.717, 1.165) is 16.7 Å². The van der Waals surface area contributed by atoms with Crippen molar-refractivity contribution in [2.24, 2.45) is 0 Å². The van der Waals surface area contributed by atoms with Crippen LogP contribution in [0.4, 0.5) is 4.39 Å². The monoisotopic (exact) mass is 446 g/mol. The van der Waals surface area contributed by atoms with Gasteiger partial charge >= 0.3 is 0 Å². The van der Waals surface area contributed by atoms with Crippen molar-refractivity contribution in [3.8, 4) is 11.1 Å². The molecule has 9 heteroatoms. The average molecular weight is 447 g/mol. The van der Waals surface area contributed by atoms with E-state index in [1.54, 1.807) is 12.1 Å². The summed E-state index contributed by atoms with van der Waals surface area (Å²) in [5, 5.41) is 19.0. The van der Waals surface area contributed by atoms with E-state index in [1.807, 2.05) is 36.4 Å². The summed E-state index contributed by atoms with van der Waals surface area (Å²) in [6, 6.07) is 14.1. The number of hydrogen-bond donors (Lipinski definition) is 3. The summed E-state index contributed by atoms with van der Waals surface area (Å²) in [6.07, 6.45) is 0.121. The maximum atomic E-state index is 13.3. The van der Waals surface area contributed by atoms with Crippen molar-refractivity contribution in [1.82, 2.24) is 20.8 Å². The minimum atomic E-state index is -1.17. The summed E-state index contributed by atoms with van der Waals surface area (Å²) in [7, 11) is 0. The van der Waals surface area contributed by atoms with Crippen molar-refractivity contribution >= 4 is 17.5 Å². The Labute approximate surface area is 184 Å². The smallest absolute Gasteiger partial charge is 0.238 e.